The molecule has 12 heteroatoms. The van der Waals surface area contributed by atoms with Gasteiger partial charge in [-0.15, -0.1) is 10.2 Å². The first-order chi connectivity index (χ1) is 21.1. The topological polar surface area (TPSA) is 151 Å². The van der Waals surface area contributed by atoms with Crippen LogP contribution in [0.2, 0.25) is 10.0 Å². The highest BCUT2D eigenvalue weighted by molar-refractivity contribution is 6.31. The Morgan fingerprint density at radius 2 is 1.05 bits per heavy atom. The van der Waals surface area contributed by atoms with Gasteiger partial charge < -0.3 is 9.47 Å². The second-order valence-corrected chi connectivity index (χ2v) is 10.0. The van der Waals surface area contributed by atoms with E-state index in [-0.39, 0.29) is 69.6 Å². The van der Waals surface area contributed by atoms with E-state index in [0.717, 1.165) is 0 Å². The van der Waals surface area contributed by atoms with Crippen molar-refractivity contribution in [2.24, 2.45) is 10.2 Å². The molecule has 10 nitrogen and oxygen atoms in total. The first-order valence-corrected chi connectivity index (χ1v) is 14.1. The molecule has 0 bridgehead atoms. The lowest BCUT2D eigenvalue weighted by molar-refractivity contribution is 0.0516. The molecule has 0 spiro atoms. The second kappa shape index (κ2) is 13.9. The number of esters is 2. The molecule has 0 amide bonds. The molecule has 0 aliphatic rings. The van der Waals surface area contributed by atoms with Crippen molar-refractivity contribution in [3.63, 3.8) is 0 Å². The van der Waals surface area contributed by atoms with E-state index in [1.54, 1.807) is 76.2 Å². The maximum absolute atomic E-state index is 13.0. The summed E-state index contributed by atoms with van der Waals surface area (Å²) in [6, 6.07) is 17.3. The molecule has 0 saturated heterocycles. The summed E-state index contributed by atoms with van der Waals surface area (Å²) in [6.45, 7) is 6.74. The number of hydrogen-bond donors (Lipinski definition) is 0. The Hall–Kier alpha value is -5.16. The molecule has 2 heterocycles. The molecule has 2 aromatic heterocycles. The van der Waals surface area contributed by atoms with Crippen molar-refractivity contribution in [1.29, 1.82) is 10.5 Å². The maximum Gasteiger partial charge on any atom is 0.340 e. The third-order valence-electron chi connectivity index (χ3n) is 6.41. The Kier molecular flexibility index (Phi) is 10.0. The Balaban J connectivity index is 1.98. The molecule has 0 unspecified atom stereocenters. The molecule has 0 fully saturated rings. The molecule has 0 atom stereocenters. The Bertz CT molecular complexity index is 1740. The highest BCUT2D eigenvalue weighted by Crippen LogP contribution is 2.38. The number of carbonyl (C=O) groups is 2. The minimum Gasteiger partial charge on any atom is -0.462 e. The summed E-state index contributed by atoms with van der Waals surface area (Å²) in [6.07, 6.45) is 0. The van der Waals surface area contributed by atoms with E-state index in [9.17, 15) is 20.1 Å². The molecule has 0 aliphatic carbocycles. The number of pyridine rings is 2. The van der Waals surface area contributed by atoms with Crippen LogP contribution in [0.3, 0.4) is 0 Å². The summed E-state index contributed by atoms with van der Waals surface area (Å²) < 4.78 is 10.5. The van der Waals surface area contributed by atoms with Crippen LogP contribution in [0.25, 0.3) is 22.3 Å². The summed E-state index contributed by atoms with van der Waals surface area (Å²) in [5, 5.41) is 29.9. The number of carbonyl (C=O) groups excluding carboxylic acids is 2. The number of azo groups is 1. The maximum atomic E-state index is 13.0. The molecule has 0 N–H and O–H groups in total. The van der Waals surface area contributed by atoms with Gasteiger partial charge in [-0.05, 0) is 63.1 Å². The standard InChI is InChI=1S/C32H24Cl2N6O4/c1-5-43-31(41)25-17(3)37-29(23(15-35)27(25)19-7-11-21(33)12-8-19)39-40-30-24(16-36)28(20-9-13-22(34)14-10-20)26(18(4)38-30)32(42)44-6-2/h7-14H,5-6H2,1-4H3. The predicted molar refractivity (Wildman–Crippen MR) is 164 cm³/mol. The molecule has 0 saturated carbocycles. The van der Waals surface area contributed by atoms with Crippen molar-refractivity contribution in [2.75, 3.05) is 13.2 Å². The average molecular weight is 627 g/mol. The summed E-state index contributed by atoms with van der Waals surface area (Å²) in [5.41, 5.74) is 2.07. The normalized spacial score (nSPS) is 10.7. The van der Waals surface area contributed by atoms with Crippen LogP contribution in [0.1, 0.15) is 57.1 Å². The van der Waals surface area contributed by atoms with Gasteiger partial charge in [-0.1, -0.05) is 47.5 Å². The van der Waals surface area contributed by atoms with Gasteiger partial charge in [0.2, 0.25) is 0 Å². The van der Waals surface area contributed by atoms with Crippen molar-refractivity contribution in [1.82, 2.24) is 9.97 Å². The third kappa shape index (κ3) is 6.42. The molecule has 0 radical (unpaired) electrons. The van der Waals surface area contributed by atoms with Gasteiger partial charge in [0.15, 0.2) is 11.6 Å². The van der Waals surface area contributed by atoms with E-state index in [2.05, 4.69) is 32.3 Å². The average Bonchev–Trinajstić information content (AvgIpc) is 3.00. The zero-order valence-electron chi connectivity index (χ0n) is 24.1. The van der Waals surface area contributed by atoms with Crippen LogP contribution >= 0.6 is 23.2 Å². The van der Waals surface area contributed by atoms with Crippen molar-refractivity contribution in [3.05, 3.63) is 92.2 Å². The monoisotopic (exact) mass is 626 g/mol. The lowest BCUT2D eigenvalue weighted by Crippen LogP contribution is -2.12. The number of rotatable bonds is 8. The van der Waals surface area contributed by atoms with Crippen LogP contribution < -0.4 is 0 Å². The van der Waals surface area contributed by atoms with Crippen LogP contribution in [0.15, 0.2) is 58.8 Å². The Morgan fingerprint density at radius 3 is 1.34 bits per heavy atom. The number of nitriles is 2. The summed E-state index contributed by atoms with van der Waals surface area (Å²) >= 11 is 12.2. The molecular weight excluding hydrogens is 603 g/mol. The number of aromatic nitrogens is 2. The van der Waals surface area contributed by atoms with Crippen molar-refractivity contribution in [3.8, 4) is 34.4 Å². The molecular formula is C32H24Cl2N6O4. The van der Waals surface area contributed by atoms with Gasteiger partial charge in [-0.3, -0.25) is 0 Å². The molecule has 4 aromatic rings. The van der Waals surface area contributed by atoms with Crippen LogP contribution in [0.4, 0.5) is 11.6 Å². The van der Waals surface area contributed by atoms with Gasteiger partial charge in [0.25, 0.3) is 0 Å². The number of hydrogen-bond acceptors (Lipinski definition) is 10. The molecule has 4 rings (SSSR count). The number of benzene rings is 2. The molecule has 44 heavy (non-hydrogen) atoms. The van der Waals surface area contributed by atoms with Gasteiger partial charge in [-0.2, -0.15) is 10.5 Å². The van der Waals surface area contributed by atoms with Crippen molar-refractivity contribution < 1.29 is 19.1 Å². The minimum atomic E-state index is -0.659. The fraction of sp³-hybridized carbons (Fsp3) is 0.188. The van der Waals surface area contributed by atoms with Gasteiger partial charge in [0.1, 0.15) is 23.3 Å². The van der Waals surface area contributed by atoms with Gasteiger partial charge in [-0.25, -0.2) is 19.6 Å². The van der Waals surface area contributed by atoms with Crippen LogP contribution in [-0.4, -0.2) is 35.1 Å². The highest BCUT2D eigenvalue weighted by Gasteiger charge is 2.27. The smallest absolute Gasteiger partial charge is 0.340 e. The minimum absolute atomic E-state index is 0.0546. The van der Waals surface area contributed by atoms with Gasteiger partial charge in [0.05, 0.1) is 35.7 Å². The molecule has 2 aromatic carbocycles. The van der Waals surface area contributed by atoms with E-state index in [1.165, 1.54) is 0 Å². The largest absolute Gasteiger partial charge is 0.462 e. The number of ether oxygens (including phenoxy) is 2. The fourth-order valence-electron chi connectivity index (χ4n) is 4.54. The van der Waals surface area contributed by atoms with Crippen LogP contribution in [-0.2, 0) is 9.47 Å². The molecule has 0 aliphatic heterocycles. The van der Waals surface area contributed by atoms with Crippen molar-refractivity contribution in [2.45, 2.75) is 27.7 Å². The first kappa shape index (κ1) is 31.8. The van der Waals surface area contributed by atoms with E-state index in [1.807, 2.05) is 0 Å². The van der Waals surface area contributed by atoms with Gasteiger partial charge >= 0.3 is 11.9 Å². The van der Waals surface area contributed by atoms with E-state index in [4.69, 9.17) is 32.7 Å². The predicted octanol–water partition coefficient (Wildman–Crippen LogP) is 8.25. The molecule has 220 valence electrons. The number of halogens is 2. The number of aryl methyl sites for hydroxylation is 2. The Labute approximate surface area is 263 Å². The quantitative estimate of drug-likeness (QED) is 0.140. The summed E-state index contributed by atoms with van der Waals surface area (Å²) in [5.74, 6) is -1.55. The highest BCUT2D eigenvalue weighted by atomic mass is 35.5. The van der Waals surface area contributed by atoms with Crippen LogP contribution in [0, 0.1) is 36.5 Å². The third-order valence-corrected chi connectivity index (χ3v) is 6.91. The van der Waals surface area contributed by atoms with Crippen molar-refractivity contribution >= 4 is 46.8 Å². The summed E-state index contributed by atoms with van der Waals surface area (Å²) in [7, 11) is 0. The Morgan fingerprint density at radius 1 is 0.705 bits per heavy atom. The first-order valence-electron chi connectivity index (χ1n) is 13.3. The van der Waals surface area contributed by atoms with E-state index >= 15 is 0 Å². The summed E-state index contributed by atoms with van der Waals surface area (Å²) in [4.78, 5) is 34.8. The SMILES string of the molecule is CCOC(=O)c1c(C)nc(N=Nc2nc(C)c(C(=O)OCC)c(-c3ccc(Cl)cc3)c2C#N)c(C#N)c1-c1ccc(Cl)cc1. The van der Waals surface area contributed by atoms with E-state index < -0.39 is 11.9 Å². The lowest BCUT2D eigenvalue weighted by atomic mass is 9.94. The fourth-order valence-corrected chi connectivity index (χ4v) is 4.80. The zero-order chi connectivity index (χ0) is 32.0. The van der Waals surface area contributed by atoms with Gasteiger partial charge in [0, 0.05) is 21.2 Å². The van der Waals surface area contributed by atoms with E-state index in [0.29, 0.717) is 21.2 Å². The number of nitrogens with zero attached hydrogens (tertiary/aromatic N) is 6. The lowest BCUT2D eigenvalue weighted by Gasteiger charge is -2.15. The van der Waals surface area contributed by atoms with Crippen LogP contribution in [0.5, 0.6) is 0 Å². The zero-order valence-corrected chi connectivity index (χ0v) is 25.6. The second-order valence-electron chi connectivity index (χ2n) is 9.17.